The Hall–Kier alpha value is -1.07. The average molecular weight is 302 g/mol. The molecule has 4 nitrogen and oxygen atoms in total. The molecule has 0 atom stereocenters. The van der Waals surface area contributed by atoms with Crippen LogP contribution in [0.3, 0.4) is 0 Å². The summed E-state index contributed by atoms with van der Waals surface area (Å²) in [6.45, 7) is 0. The Morgan fingerprint density at radius 1 is 1.26 bits per heavy atom. The molecule has 2 rings (SSSR count). The van der Waals surface area contributed by atoms with Crippen LogP contribution in [0.25, 0.3) is 0 Å². The van der Waals surface area contributed by atoms with Gasteiger partial charge in [0.05, 0.1) is 5.02 Å². The van der Waals surface area contributed by atoms with Crippen molar-refractivity contribution < 1.29 is 14.7 Å². The van der Waals surface area contributed by atoms with Gasteiger partial charge in [0, 0.05) is 0 Å². The fourth-order valence-corrected chi connectivity index (χ4v) is 3.49. The number of nitrogens with one attached hydrogen (secondary N) is 1. The number of carbonyl (C=O) groups excluding carboxylic acids is 1. The standard InChI is InChI=1S/C13H16ClNO3S/c14-9-5-8-19-10(9)11(16)15-13(12(17)18)6-3-1-2-4-7-13/h5,8H,1-4,6-7H2,(H,15,16)(H,17,18). The molecule has 1 aromatic rings. The van der Waals surface area contributed by atoms with Crippen LogP contribution >= 0.6 is 22.9 Å². The van der Waals surface area contributed by atoms with Crippen LogP contribution in [-0.4, -0.2) is 22.5 Å². The molecule has 1 amide bonds. The highest BCUT2D eigenvalue weighted by Gasteiger charge is 2.40. The summed E-state index contributed by atoms with van der Waals surface area (Å²) < 4.78 is 0. The number of hydrogen-bond donors (Lipinski definition) is 2. The number of thiophene rings is 1. The lowest BCUT2D eigenvalue weighted by molar-refractivity contribution is -0.145. The lowest BCUT2D eigenvalue weighted by Crippen LogP contribution is -2.54. The largest absolute Gasteiger partial charge is 0.480 e. The Labute approximate surface area is 120 Å². The molecular formula is C13H16ClNO3S. The van der Waals surface area contributed by atoms with Gasteiger partial charge in [0.2, 0.25) is 0 Å². The Morgan fingerprint density at radius 3 is 2.37 bits per heavy atom. The van der Waals surface area contributed by atoms with Crippen LogP contribution in [0.2, 0.25) is 5.02 Å². The summed E-state index contributed by atoms with van der Waals surface area (Å²) in [7, 11) is 0. The second-order valence-corrected chi connectivity index (χ2v) is 6.18. The SMILES string of the molecule is O=C(NC1(C(=O)O)CCCCCC1)c1sccc1Cl. The maximum absolute atomic E-state index is 12.2. The van der Waals surface area contributed by atoms with Crippen molar-refractivity contribution in [2.75, 3.05) is 0 Å². The summed E-state index contributed by atoms with van der Waals surface area (Å²) in [4.78, 5) is 24.1. The smallest absolute Gasteiger partial charge is 0.329 e. The van der Waals surface area contributed by atoms with Gasteiger partial charge >= 0.3 is 5.97 Å². The maximum atomic E-state index is 12.2. The van der Waals surface area contributed by atoms with Gasteiger partial charge < -0.3 is 10.4 Å². The van der Waals surface area contributed by atoms with Crippen LogP contribution in [0.4, 0.5) is 0 Å². The van der Waals surface area contributed by atoms with Gasteiger partial charge in [0.15, 0.2) is 0 Å². The molecule has 0 aromatic carbocycles. The van der Waals surface area contributed by atoms with Gasteiger partial charge in [-0.2, -0.15) is 0 Å². The van der Waals surface area contributed by atoms with Gasteiger partial charge in [-0.15, -0.1) is 11.3 Å². The van der Waals surface area contributed by atoms with E-state index in [1.165, 1.54) is 11.3 Å². The van der Waals surface area contributed by atoms with Gasteiger partial charge in [0.1, 0.15) is 10.4 Å². The number of carbonyl (C=O) groups is 2. The topological polar surface area (TPSA) is 66.4 Å². The van der Waals surface area contributed by atoms with Gasteiger partial charge in [-0.3, -0.25) is 4.79 Å². The van der Waals surface area contributed by atoms with Crippen LogP contribution in [0.1, 0.15) is 48.2 Å². The first kappa shape index (κ1) is 14.3. The molecule has 0 spiro atoms. The zero-order chi connectivity index (χ0) is 13.9. The van der Waals surface area contributed by atoms with Crippen molar-refractivity contribution >= 4 is 34.8 Å². The predicted octanol–water partition coefficient (Wildman–Crippen LogP) is 3.31. The molecule has 2 N–H and O–H groups in total. The van der Waals surface area contributed by atoms with E-state index >= 15 is 0 Å². The second kappa shape index (κ2) is 5.92. The molecule has 0 aliphatic heterocycles. The number of carboxylic acid groups (broad SMARTS) is 1. The summed E-state index contributed by atoms with van der Waals surface area (Å²) >= 11 is 7.14. The summed E-state index contributed by atoms with van der Waals surface area (Å²) in [5.74, 6) is -1.33. The van der Waals surface area contributed by atoms with Crippen LogP contribution in [0, 0.1) is 0 Å². The third-order valence-corrected chi connectivity index (χ3v) is 4.88. The van der Waals surface area contributed by atoms with E-state index < -0.39 is 11.5 Å². The first-order chi connectivity index (χ1) is 9.05. The lowest BCUT2D eigenvalue weighted by atomic mass is 9.90. The molecule has 6 heteroatoms. The second-order valence-electron chi connectivity index (χ2n) is 4.85. The van der Waals surface area contributed by atoms with Crippen molar-refractivity contribution in [2.24, 2.45) is 0 Å². The van der Waals surface area contributed by atoms with E-state index in [4.69, 9.17) is 11.6 Å². The molecule has 1 aliphatic rings. The first-order valence-electron chi connectivity index (χ1n) is 6.34. The highest BCUT2D eigenvalue weighted by Crippen LogP contribution is 2.29. The van der Waals surface area contributed by atoms with E-state index in [0.717, 1.165) is 25.7 Å². The Morgan fingerprint density at radius 2 is 1.89 bits per heavy atom. The quantitative estimate of drug-likeness (QED) is 0.842. The third kappa shape index (κ3) is 3.09. The van der Waals surface area contributed by atoms with E-state index in [-0.39, 0.29) is 5.91 Å². The van der Waals surface area contributed by atoms with Crippen molar-refractivity contribution in [3.05, 3.63) is 21.3 Å². The Balaban J connectivity index is 2.19. The van der Waals surface area contributed by atoms with Gasteiger partial charge in [0.25, 0.3) is 5.91 Å². The zero-order valence-corrected chi connectivity index (χ0v) is 12.0. The van der Waals surface area contributed by atoms with Crippen LogP contribution in [0.5, 0.6) is 0 Å². The fourth-order valence-electron chi connectivity index (χ4n) is 2.45. The number of halogens is 1. The molecule has 0 unspecified atom stereocenters. The number of aliphatic carboxylic acids is 1. The minimum absolute atomic E-state index is 0.372. The van der Waals surface area contributed by atoms with Gasteiger partial charge in [-0.05, 0) is 24.3 Å². The van der Waals surface area contributed by atoms with Crippen molar-refractivity contribution in [3.63, 3.8) is 0 Å². The molecule has 0 radical (unpaired) electrons. The summed E-state index contributed by atoms with van der Waals surface area (Å²) in [5.41, 5.74) is -1.14. The number of rotatable bonds is 3. The number of carboxylic acids is 1. The number of amides is 1. The van der Waals surface area contributed by atoms with Crippen molar-refractivity contribution in [3.8, 4) is 0 Å². The van der Waals surface area contributed by atoms with Gasteiger partial charge in [-0.25, -0.2) is 4.79 Å². The van der Waals surface area contributed by atoms with Crippen LogP contribution in [0.15, 0.2) is 11.4 Å². The number of hydrogen-bond acceptors (Lipinski definition) is 3. The van der Waals surface area contributed by atoms with Crippen molar-refractivity contribution in [1.29, 1.82) is 0 Å². The molecule has 1 aromatic heterocycles. The van der Waals surface area contributed by atoms with E-state index in [0.29, 0.717) is 22.7 Å². The maximum Gasteiger partial charge on any atom is 0.329 e. The minimum atomic E-state index is -1.14. The molecule has 19 heavy (non-hydrogen) atoms. The predicted molar refractivity (Wildman–Crippen MR) is 74.9 cm³/mol. The molecule has 1 heterocycles. The third-order valence-electron chi connectivity index (χ3n) is 3.54. The molecular weight excluding hydrogens is 286 g/mol. The molecule has 0 saturated heterocycles. The molecule has 1 aliphatic carbocycles. The lowest BCUT2D eigenvalue weighted by Gasteiger charge is -2.29. The highest BCUT2D eigenvalue weighted by atomic mass is 35.5. The zero-order valence-electron chi connectivity index (χ0n) is 10.4. The highest BCUT2D eigenvalue weighted by molar-refractivity contribution is 7.12. The van der Waals surface area contributed by atoms with Crippen molar-refractivity contribution in [1.82, 2.24) is 5.32 Å². The van der Waals surface area contributed by atoms with Crippen LogP contribution < -0.4 is 5.32 Å². The van der Waals surface area contributed by atoms with E-state index in [2.05, 4.69) is 5.32 Å². The van der Waals surface area contributed by atoms with E-state index in [9.17, 15) is 14.7 Å². The van der Waals surface area contributed by atoms with E-state index in [1.54, 1.807) is 11.4 Å². The molecule has 1 saturated carbocycles. The monoisotopic (exact) mass is 301 g/mol. The molecule has 0 bridgehead atoms. The summed E-state index contributed by atoms with van der Waals surface area (Å²) in [5, 5.41) is 14.3. The Kier molecular flexibility index (Phi) is 4.47. The minimum Gasteiger partial charge on any atom is -0.480 e. The first-order valence-corrected chi connectivity index (χ1v) is 7.60. The molecule has 104 valence electrons. The Bertz CT molecular complexity index is 478. The van der Waals surface area contributed by atoms with Gasteiger partial charge in [-0.1, -0.05) is 37.3 Å². The van der Waals surface area contributed by atoms with E-state index in [1.807, 2.05) is 0 Å². The van der Waals surface area contributed by atoms with Crippen LogP contribution in [-0.2, 0) is 4.79 Å². The summed E-state index contributed by atoms with van der Waals surface area (Å²) in [6, 6.07) is 1.64. The average Bonchev–Trinajstić information content (AvgIpc) is 2.64. The fraction of sp³-hybridized carbons (Fsp3) is 0.538. The van der Waals surface area contributed by atoms with Crippen molar-refractivity contribution in [2.45, 2.75) is 44.1 Å². The summed E-state index contributed by atoms with van der Waals surface area (Å²) in [6.07, 6.45) is 4.65. The molecule has 1 fully saturated rings. The normalized spacial score (nSPS) is 18.6.